The zero-order valence-corrected chi connectivity index (χ0v) is 14.3. The summed E-state index contributed by atoms with van der Waals surface area (Å²) in [7, 11) is 3.83. The van der Waals surface area contributed by atoms with E-state index in [2.05, 4.69) is 21.7 Å². The lowest BCUT2D eigenvalue weighted by molar-refractivity contribution is 0.0389. The van der Waals surface area contributed by atoms with E-state index >= 15 is 0 Å². The van der Waals surface area contributed by atoms with Gasteiger partial charge in [-0.05, 0) is 24.7 Å². The molecule has 1 N–H and O–H groups in total. The molecule has 0 aliphatic carbocycles. The van der Waals surface area contributed by atoms with E-state index < -0.39 is 0 Å². The molecule has 2 heterocycles. The van der Waals surface area contributed by atoms with E-state index in [1.807, 2.05) is 21.6 Å². The van der Waals surface area contributed by atoms with Crippen LogP contribution >= 0.6 is 33.8 Å². The Balaban J connectivity index is 1.42. The molecule has 2 aliphatic rings. The minimum Gasteiger partial charge on any atom is -0.379 e. The maximum Gasteiger partial charge on any atom is 0.0753 e. The number of unbranched alkanes of at least 4 members (excludes halogenated alkanes) is 1. The van der Waals surface area contributed by atoms with Gasteiger partial charge in [0, 0.05) is 31.4 Å². The second kappa shape index (κ2) is 10.1. The lowest BCUT2D eigenvalue weighted by Gasteiger charge is -2.26. The quantitative estimate of drug-likeness (QED) is 0.417. The van der Waals surface area contributed by atoms with Crippen molar-refractivity contribution in [2.24, 2.45) is 0 Å². The predicted octanol–water partition coefficient (Wildman–Crippen LogP) is 3.07. The zero-order chi connectivity index (χ0) is 14.0. The number of nitrogens with zero attached hydrogens (tertiary/aromatic N) is 1. The lowest BCUT2D eigenvalue weighted by atomic mass is 10.1. The number of thiocarbonyl (C=S) groups is 1. The van der Waals surface area contributed by atoms with E-state index in [9.17, 15) is 0 Å². The van der Waals surface area contributed by atoms with Crippen molar-refractivity contribution in [2.75, 3.05) is 39.4 Å². The Bertz CT molecular complexity index is 320. The predicted molar refractivity (Wildman–Crippen MR) is 94.4 cm³/mol. The van der Waals surface area contributed by atoms with Crippen molar-refractivity contribution < 1.29 is 4.74 Å². The SMILES string of the molecule is S=C(CCCCC1C=CSS1)NCCN1CCOCC1. The maximum atomic E-state index is 5.39. The average Bonchev–Trinajstić information content (AvgIpc) is 2.98. The smallest absolute Gasteiger partial charge is 0.0753 e. The Labute approximate surface area is 135 Å². The summed E-state index contributed by atoms with van der Waals surface area (Å²) >= 11 is 5.39. The van der Waals surface area contributed by atoms with Crippen LogP contribution in [-0.2, 0) is 4.74 Å². The highest BCUT2D eigenvalue weighted by atomic mass is 33.1. The minimum atomic E-state index is 0.725. The molecule has 0 saturated carbocycles. The highest BCUT2D eigenvalue weighted by Gasteiger charge is 2.11. The largest absolute Gasteiger partial charge is 0.379 e. The second-order valence-corrected chi connectivity index (χ2v) is 8.02. The minimum absolute atomic E-state index is 0.725. The number of ether oxygens (including phenoxy) is 1. The molecule has 0 aromatic heterocycles. The van der Waals surface area contributed by atoms with Crippen LogP contribution in [0.4, 0.5) is 0 Å². The molecule has 2 rings (SSSR count). The van der Waals surface area contributed by atoms with Gasteiger partial charge in [-0.2, -0.15) is 0 Å². The monoisotopic (exact) mass is 332 g/mol. The van der Waals surface area contributed by atoms with Crippen molar-refractivity contribution in [1.29, 1.82) is 0 Å². The fraction of sp³-hybridized carbons (Fsp3) is 0.786. The Morgan fingerprint density at radius 2 is 2.20 bits per heavy atom. The van der Waals surface area contributed by atoms with Crippen LogP contribution in [0.15, 0.2) is 11.5 Å². The molecule has 114 valence electrons. The summed E-state index contributed by atoms with van der Waals surface area (Å²) in [6.45, 7) is 5.89. The standard InChI is InChI=1S/C14H24N2OS3/c18-14(4-2-1-3-13-5-12-19-20-13)15-6-7-16-8-10-17-11-9-16/h5,12-13H,1-4,6-11H2,(H,15,18). The molecule has 20 heavy (non-hydrogen) atoms. The summed E-state index contributed by atoms with van der Waals surface area (Å²) < 4.78 is 5.34. The molecule has 1 fully saturated rings. The third kappa shape index (κ3) is 6.80. The van der Waals surface area contributed by atoms with Crippen LogP contribution in [0, 0.1) is 0 Å². The van der Waals surface area contributed by atoms with Crippen molar-refractivity contribution in [3.8, 4) is 0 Å². The molecule has 1 unspecified atom stereocenters. The molecule has 0 radical (unpaired) electrons. The van der Waals surface area contributed by atoms with E-state index in [4.69, 9.17) is 17.0 Å². The number of nitrogens with one attached hydrogen (secondary N) is 1. The molecule has 0 bridgehead atoms. The van der Waals surface area contributed by atoms with E-state index in [0.717, 1.165) is 56.1 Å². The van der Waals surface area contributed by atoms with Crippen molar-refractivity contribution in [1.82, 2.24) is 10.2 Å². The number of hydrogen-bond acceptors (Lipinski definition) is 5. The first kappa shape index (κ1) is 16.6. The number of hydrogen-bond donors (Lipinski definition) is 1. The van der Waals surface area contributed by atoms with E-state index in [-0.39, 0.29) is 0 Å². The summed E-state index contributed by atoms with van der Waals surface area (Å²) in [5.41, 5.74) is 0. The fourth-order valence-corrected chi connectivity index (χ4v) is 4.80. The molecule has 1 saturated heterocycles. The summed E-state index contributed by atoms with van der Waals surface area (Å²) in [6.07, 6.45) is 7.11. The topological polar surface area (TPSA) is 24.5 Å². The van der Waals surface area contributed by atoms with E-state index in [1.165, 1.54) is 19.3 Å². The molecule has 0 aromatic carbocycles. The van der Waals surface area contributed by atoms with E-state index in [1.54, 1.807) is 0 Å². The van der Waals surface area contributed by atoms with Crippen LogP contribution in [0.2, 0.25) is 0 Å². The zero-order valence-electron chi connectivity index (χ0n) is 11.9. The van der Waals surface area contributed by atoms with Crippen molar-refractivity contribution in [2.45, 2.75) is 30.9 Å². The van der Waals surface area contributed by atoms with Gasteiger partial charge in [0.1, 0.15) is 0 Å². The van der Waals surface area contributed by atoms with E-state index in [0.29, 0.717) is 0 Å². The van der Waals surface area contributed by atoms with Gasteiger partial charge in [-0.15, -0.1) is 0 Å². The van der Waals surface area contributed by atoms with Crippen LogP contribution in [0.25, 0.3) is 0 Å². The third-order valence-corrected chi connectivity index (χ3v) is 6.30. The molecular formula is C14H24N2OS3. The molecule has 1 atom stereocenters. The van der Waals surface area contributed by atoms with Gasteiger partial charge in [0.25, 0.3) is 0 Å². The van der Waals surface area contributed by atoms with Crippen molar-refractivity contribution >= 4 is 38.8 Å². The highest BCUT2D eigenvalue weighted by Crippen LogP contribution is 2.37. The van der Waals surface area contributed by atoms with Gasteiger partial charge in [0.2, 0.25) is 0 Å². The van der Waals surface area contributed by atoms with Crippen LogP contribution in [0.3, 0.4) is 0 Å². The molecular weight excluding hydrogens is 308 g/mol. The van der Waals surface area contributed by atoms with Gasteiger partial charge in [-0.3, -0.25) is 4.90 Å². The second-order valence-electron chi connectivity index (χ2n) is 5.11. The van der Waals surface area contributed by atoms with Gasteiger partial charge in [0.05, 0.1) is 18.2 Å². The number of rotatable bonds is 8. The molecule has 3 nitrogen and oxygen atoms in total. The Hall–Kier alpha value is 0.250. The summed E-state index contributed by atoms with van der Waals surface area (Å²) in [5, 5.41) is 6.31. The molecule has 6 heteroatoms. The van der Waals surface area contributed by atoms with Gasteiger partial charge in [-0.1, -0.05) is 46.3 Å². The normalized spacial score (nSPS) is 23.1. The highest BCUT2D eigenvalue weighted by molar-refractivity contribution is 8.78. The molecule has 2 aliphatic heterocycles. The van der Waals surface area contributed by atoms with Crippen LogP contribution < -0.4 is 5.32 Å². The van der Waals surface area contributed by atoms with Crippen molar-refractivity contribution in [3.05, 3.63) is 11.5 Å². The maximum absolute atomic E-state index is 5.39. The summed E-state index contributed by atoms with van der Waals surface area (Å²) in [5.74, 6) is 0. The fourth-order valence-electron chi connectivity index (χ4n) is 2.30. The Morgan fingerprint density at radius 1 is 1.35 bits per heavy atom. The summed E-state index contributed by atoms with van der Waals surface area (Å²) in [6, 6.07) is 0. The van der Waals surface area contributed by atoms with Gasteiger partial charge >= 0.3 is 0 Å². The lowest BCUT2D eigenvalue weighted by Crippen LogP contribution is -2.41. The first-order chi connectivity index (χ1) is 9.84. The molecule has 0 aromatic rings. The molecule has 0 spiro atoms. The Kier molecular flexibility index (Phi) is 8.36. The first-order valence-electron chi connectivity index (χ1n) is 7.40. The van der Waals surface area contributed by atoms with Crippen molar-refractivity contribution in [3.63, 3.8) is 0 Å². The molecule has 0 amide bonds. The van der Waals surface area contributed by atoms with Crippen LogP contribution in [0.1, 0.15) is 25.7 Å². The van der Waals surface area contributed by atoms with Gasteiger partial charge in [-0.25, -0.2) is 0 Å². The van der Waals surface area contributed by atoms with Gasteiger partial charge in [0.15, 0.2) is 0 Å². The first-order valence-corrected chi connectivity index (χ1v) is 10.1. The van der Waals surface area contributed by atoms with Crippen LogP contribution in [0.5, 0.6) is 0 Å². The Morgan fingerprint density at radius 3 is 2.95 bits per heavy atom. The summed E-state index contributed by atoms with van der Waals surface area (Å²) in [4.78, 5) is 3.46. The number of morpholine rings is 1. The average molecular weight is 333 g/mol. The van der Waals surface area contributed by atoms with Crippen LogP contribution in [-0.4, -0.2) is 54.5 Å². The third-order valence-electron chi connectivity index (χ3n) is 3.52. The van der Waals surface area contributed by atoms with Gasteiger partial charge < -0.3 is 10.1 Å².